The Morgan fingerprint density at radius 3 is 2.45 bits per heavy atom. The van der Waals surface area contributed by atoms with Crippen LogP contribution in [0.3, 0.4) is 0 Å². The largest absolute Gasteiger partial charge is 0.416 e. The van der Waals surface area contributed by atoms with Crippen LogP contribution < -0.4 is 10.2 Å². The maximum Gasteiger partial charge on any atom is 0.416 e. The summed E-state index contributed by atoms with van der Waals surface area (Å²) in [5.41, 5.74) is 0.831. The minimum atomic E-state index is -4.68. The van der Waals surface area contributed by atoms with Crippen molar-refractivity contribution in [3.8, 4) is 11.9 Å². The second kappa shape index (κ2) is 15.3. The van der Waals surface area contributed by atoms with Gasteiger partial charge in [-0.05, 0) is 61.4 Å². The lowest BCUT2D eigenvalue weighted by molar-refractivity contribution is -0.137. The fourth-order valence-electron chi connectivity index (χ4n) is 6.69. The zero-order chi connectivity index (χ0) is 36.1. The van der Waals surface area contributed by atoms with Crippen molar-refractivity contribution in [3.63, 3.8) is 0 Å². The molecular weight excluding hydrogens is 666 g/mol. The number of nitriles is 1. The molecule has 266 valence electrons. The fraction of sp³-hybridized carbons (Fsp3) is 0.351. The van der Waals surface area contributed by atoms with Crippen molar-refractivity contribution in [2.24, 2.45) is 0 Å². The van der Waals surface area contributed by atoms with E-state index < -0.39 is 41.3 Å². The van der Waals surface area contributed by atoms with Gasteiger partial charge >= 0.3 is 6.18 Å². The monoisotopic (exact) mass is 703 g/mol. The van der Waals surface area contributed by atoms with E-state index in [4.69, 9.17) is 9.84 Å². The lowest BCUT2D eigenvalue weighted by atomic mass is 9.80. The number of benzene rings is 3. The molecule has 0 spiro atoms. The summed E-state index contributed by atoms with van der Waals surface area (Å²) in [6.07, 6.45) is -1.71. The number of nitrogens with one attached hydrogen (secondary N) is 1. The molecule has 0 aliphatic carbocycles. The topological polar surface area (TPSA) is 107 Å². The minimum absolute atomic E-state index is 0.0690. The van der Waals surface area contributed by atoms with Crippen LogP contribution in [0, 0.1) is 17.3 Å². The van der Waals surface area contributed by atoms with Gasteiger partial charge in [0.05, 0.1) is 36.7 Å². The molecule has 0 unspecified atom stereocenters. The molecule has 4 aromatic rings. The Morgan fingerprint density at radius 1 is 1.06 bits per heavy atom. The van der Waals surface area contributed by atoms with E-state index in [2.05, 4.69) is 16.4 Å². The molecule has 3 heterocycles. The summed E-state index contributed by atoms with van der Waals surface area (Å²) in [5.74, 6) is -2.44. The number of anilines is 1. The molecule has 0 saturated carbocycles. The van der Waals surface area contributed by atoms with Gasteiger partial charge in [0.15, 0.2) is 6.19 Å². The molecular formula is C37H37F4N7O3. The van der Waals surface area contributed by atoms with Crippen molar-refractivity contribution >= 4 is 17.6 Å². The minimum Gasteiger partial charge on any atom is -0.379 e. The molecule has 2 aliphatic heterocycles. The summed E-state index contributed by atoms with van der Waals surface area (Å²) in [4.78, 5) is 33.5. The number of aromatic nitrogens is 2. The summed E-state index contributed by atoms with van der Waals surface area (Å²) >= 11 is 0. The van der Waals surface area contributed by atoms with Crippen molar-refractivity contribution in [1.29, 1.82) is 5.26 Å². The van der Waals surface area contributed by atoms with E-state index in [1.807, 2.05) is 30.3 Å². The maximum atomic E-state index is 14.5. The number of fused-ring (bicyclic) bond motifs is 1. The molecule has 1 fully saturated rings. The average molecular weight is 704 g/mol. The number of carbonyl (C=O) groups excluding carboxylic acids is 2. The number of halogens is 4. The Labute approximate surface area is 292 Å². The Kier molecular flexibility index (Phi) is 10.7. The number of carbonyl (C=O) groups is 2. The number of ether oxygens (including phenoxy) is 1. The number of rotatable bonds is 11. The van der Waals surface area contributed by atoms with E-state index in [1.54, 1.807) is 16.5 Å². The van der Waals surface area contributed by atoms with Crippen molar-refractivity contribution in [2.45, 2.75) is 38.0 Å². The third-order valence-corrected chi connectivity index (χ3v) is 9.18. The van der Waals surface area contributed by atoms with Crippen LogP contribution >= 0.6 is 0 Å². The van der Waals surface area contributed by atoms with E-state index in [0.717, 1.165) is 37.8 Å². The van der Waals surface area contributed by atoms with Crippen LogP contribution in [0.4, 0.5) is 23.4 Å². The van der Waals surface area contributed by atoms with E-state index in [9.17, 15) is 32.4 Å². The van der Waals surface area contributed by atoms with Crippen LogP contribution in [-0.2, 0) is 22.3 Å². The predicted octanol–water partition coefficient (Wildman–Crippen LogP) is 5.33. The van der Waals surface area contributed by atoms with Crippen molar-refractivity contribution < 1.29 is 31.9 Å². The van der Waals surface area contributed by atoms with Gasteiger partial charge in [0.2, 0.25) is 0 Å². The van der Waals surface area contributed by atoms with E-state index >= 15 is 0 Å². The lowest BCUT2D eigenvalue weighted by Crippen LogP contribution is -2.55. The molecule has 51 heavy (non-hydrogen) atoms. The average Bonchev–Trinajstić information content (AvgIpc) is 3.50. The first-order valence-corrected chi connectivity index (χ1v) is 16.8. The summed E-state index contributed by atoms with van der Waals surface area (Å²) in [7, 11) is 0. The van der Waals surface area contributed by atoms with E-state index in [-0.39, 0.29) is 18.7 Å². The van der Waals surface area contributed by atoms with Crippen LogP contribution in [0.25, 0.3) is 5.69 Å². The Morgan fingerprint density at radius 2 is 1.78 bits per heavy atom. The van der Waals surface area contributed by atoms with E-state index in [1.165, 1.54) is 35.2 Å². The lowest BCUT2D eigenvalue weighted by Gasteiger charge is -2.38. The number of para-hydroxylation sites is 1. The molecule has 0 radical (unpaired) electrons. The number of likely N-dealkylation sites (N-methyl/N-ethyl adjacent to an activating group) is 1. The Hall–Kier alpha value is -5.26. The summed E-state index contributed by atoms with van der Waals surface area (Å²) < 4.78 is 62.0. The summed E-state index contributed by atoms with van der Waals surface area (Å²) in [6, 6.07) is 17.3. The third-order valence-electron chi connectivity index (χ3n) is 9.18. The quantitative estimate of drug-likeness (QED) is 0.128. The second-order valence-corrected chi connectivity index (χ2v) is 12.4. The standard InChI is InChI=1S/C37H37F4N7O3/c1-2-47-35-32(30(44-48(35)29-10-4-3-5-11-29)23-46(24-42)17-7-16-45-18-20-51-21-19-45)31(25-12-14-28(38)15-13-25)33(36(47)50)43-34(49)26-8-6-9-27(22-26)37(39,40)41/h3-6,8-15,22,31,33H,2,7,16-21,23H2,1H3,(H,43,49)/t31-,33-/m0/s1. The number of amides is 2. The molecule has 2 atom stereocenters. The number of alkyl halides is 3. The molecule has 3 aromatic carbocycles. The molecule has 1 N–H and O–H groups in total. The highest BCUT2D eigenvalue weighted by atomic mass is 19.4. The van der Waals surface area contributed by atoms with Gasteiger partial charge in [-0.25, -0.2) is 9.07 Å². The van der Waals surface area contributed by atoms with Gasteiger partial charge < -0.3 is 15.0 Å². The highest BCUT2D eigenvalue weighted by Crippen LogP contribution is 2.44. The smallest absolute Gasteiger partial charge is 0.379 e. The van der Waals surface area contributed by atoms with Gasteiger partial charge in [0.1, 0.15) is 17.7 Å². The molecule has 2 aliphatic rings. The molecule has 1 aromatic heterocycles. The number of hydrogen-bond acceptors (Lipinski definition) is 7. The van der Waals surface area contributed by atoms with Gasteiger partial charge in [-0.15, -0.1) is 0 Å². The van der Waals surface area contributed by atoms with Crippen LogP contribution in [0.2, 0.25) is 0 Å². The first-order chi connectivity index (χ1) is 24.6. The van der Waals surface area contributed by atoms with Crippen LogP contribution in [-0.4, -0.2) is 83.4 Å². The molecule has 6 rings (SSSR count). The van der Waals surface area contributed by atoms with Crippen molar-refractivity contribution in [2.75, 3.05) is 50.8 Å². The first kappa shape index (κ1) is 35.6. The first-order valence-electron chi connectivity index (χ1n) is 16.8. The SMILES string of the molecule is CCN1C(=O)[C@@H](NC(=O)c2cccc(C(F)(F)F)c2)[C@@H](c2ccc(F)cc2)c2c(CN(C#N)CCCN3CCOCC3)nn(-c3ccccc3)c21. The zero-order valence-corrected chi connectivity index (χ0v) is 27.9. The second-order valence-electron chi connectivity index (χ2n) is 12.4. The van der Waals surface area contributed by atoms with Crippen LogP contribution in [0.15, 0.2) is 78.9 Å². The third kappa shape index (κ3) is 7.74. The number of nitrogens with zero attached hydrogens (tertiary/aromatic N) is 6. The molecule has 14 heteroatoms. The number of morpholine rings is 1. The molecule has 2 amide bonds. The maximum absolute atomic E-state index is 14.5. The van der Waals surface area contributed by atoms with Gasteiger partial charge in [0.25, 0.3) is 11.8 Å². The van der Waals surface area contributed by atoms with Gasteiger partial charge in [-0.3, -0.25) is 19.4 Å². The normalized spacial score (nSPS) is 17.9. The highest BCUT2D eigenvalue weighted by molar-refractivity contribution is 6.05. The van der Waals surface area contributed by atoms with Crippen molar-refractivity contribution in [3.05, 3.63) is 113 Å². The summed E-state index contributed by atoms with van der Waals surface area (Å²) in [6.45, 7) is 6.15. The molecule has 10 nitrogen and oxygen atoms in total. The van der Waals surface area contributed by atoms with Gasteiger partial charge in [-0.2, -0.15) is 23.5 Å². The zero-order valence-electron chi connectivity index (χ0n) is 27.9. The fourth-order valence-corrected chi connectivity index (χ4v) is 6.69. The van der Waals surface area contributed by atoms with Gasteiger partial charge in [0, 0.05) is 49.8 Å². The number of hydrogen-bond donors (Lipinski definition) is 1. The Bertz CT molecular complexity index is 1890. The highest BCUT2D eigenvalue weighted by Gasteiger charge is 2.46. The van der Waals surface area contributed by atoms with Crippen molar-refractivity contribution in [1.82, 2.24) is 24.9 Å². The van der Waals surface area contributed by atoms with Crippen LogP contribution in [0.5, 0.6) is 0 Å². The van der Waals surface area contributed by atoms with Crippen LogP contribution in [0.1, 0.15) is 52.0 Å². The molecule has 1 saturated heterocycles. The van der Waals surface area contributed by atoms with E-state index in [0.29, 0.717) is 54.5 Å². The predicted molar refractivity (Wildman–Crippen MR) is 180 cm³/mol. The molecule has 0 bridgehead atoms. The Balaban J connectivity index is 1.44. The van der Waals surface area contributed by atoms with Gasteiger partial charge in [-0.1, -0.05) is 36.4 Å². The summed E-state index contributed by atoms with van der Waals surface area (Å²) in [5, 5.41) is 17.9.